The highest BCUT2D eigenvalue weighted by atomic mass is 16.2. The Bertz CT molecular complexity index is 849. The van der Waals surface area contributed by atoms with Crippen LogP contribution < -0.4 is 10.2 Å². The van der Waals surface area contributed by atoms with Crippen molar-refractivity contribution in [2.45, 2.75) is 45.1 Å². The van der Waals surface area contributed by atoms with Crippen molar-refractivity contribution in [3.05, 3.63) is 65.7 Å². The standard InChI is InChI=1S/C24H28N2O2/c1-17(18-9-3-2-4-10-18)25-23(27)20-12-6-7-13-21(20)24(28)26-16-15-19-11-5-8-14-22(19)26/h2-5,8-11,14,17,20-21H,6-7,12-13,15-16H2,1H3,(H,25,27). The number of anilines is 1. The number of hydrogen-bond donors (Lipinski definition) is 1. The molecule has 1 N–H and O–H groups in total. The summed E-state index contributed by atoms with van der Waals surface area (Å²) in [5, 5.41) is 3.15. The van der Waals surface area contributed by atoms with Crippen molar-refractivity contribution < 1.29 is 9.59 Å². The first-order valence-electron chi connectivity index (χ1n) is 10.4. The van der Waals surface area contributed by atoms with Crippen LogP contribution in [0.25, 0.3) is 0 Å². The van der Waals surface area contributed by atoms with Gasteiger partial charge in [-0.25, -0.2) is 0 Å². The maximum atomic E-state index is 13.4. The van der Waals surface area contributed by atoms with E-state index in [4.69, 9.17) is 0 Å². The third kappa shape index (κ3) is 3.68. The summed E-state index contributed by atoms with van der Waals surface area (Å²) in [7, 11) is 0. The van der Waals surface area contributed by atoms with Crippen LogP contribution >= 0.6 is 0 Å². The number of carbonyl (C=O) groups excluding carboxylic acids is 2. The van der Waals surface area contributed by atoms with Gasteiger partial charge in [0.15, 0.2) is 0 Å². The molecule has 0 bridgehead atoms. The number of nitrogens with zero attached hydrogens (tertiary/aromatic N) is 1. The summed E-state index contributed by atoms with van der Waals surface area (Å²) in [6.07, 6.45) is 4.52. The molecule has 1 saturated carbocycles. The number of amides is 2. The van der Waals surface area contributed by atoms with Crippen LogP contribution in [-0.4, -0.2) is 18.4 Å². The van der Waals surface area contributed by atoms with Crippen molar-refractivity contribution in [1.29, 1.82) is 0 Å². The van der Waals surface area contributed by atoms with Gasteiger partial charge in [0.1, 0.15) is 0 Å². The zero-order valence-electron chi connectivity index (χ0n) is 16.4. The minimum absolute atomic E-state index is 0.0156. The summed E-state index contributed by atoms with van der Waals surface area (Å²) >= 11 is 0. The Morgan fingerprint density at radius 2 is 1.64 bits per heavy atom. The number of hydrogen-bond acceptors (Lipinski definition) is 2. The van der Waals surface area contributed by atoms with E-state index in [0.29, 0.717) is 0 Å². The van der Waals surface area contributed by atoms with Gasteiger partial charge in [0.2, 0.25) is 11.8 Å². The summed E-state index contributed by atoms with van der Waals surface area (Å²) in [6, 6.07) is 18.0. The largest absolute Gasteiger partial charge is 0.349 e. The highest BCUT2D eigenvalue weighted by molar-refractivity contribution is 5.99. The average molecular weight is 377 g/mol. The van der Waals surface area contributed by atoms with Crippen molar-refractivity contribution in [3.63, 3.8) is 0 Å². The molecule has 2 aromatic rings. The van der Waals surface area contributed by atoms with Crippen molar-refractivity contribution in [2.75, 3.05) is 11.4 Å². The molecule has 28 heavy (non-hydrogen) atoms. The average Bonchev–Trinajstić information content (AvgIpc) is 3.18. The molecule has 3 atom stereocenters. The molecule has 1 aliphatic heterocycles. The zero-order chi connectivity index (χ0) is 19.5. The number of rotatable bonds is 4. The molecule has 4 nitrogen and oxygen atoms in total. The van der Waals surface area contributed by atoms with E-state index in [1.807, 2.05) is 60.4 Å². The van der Waals surface area contributed by atoms with Crippen LogP contribution in [0.5, 0.6) is 0 Å². The second kappa shape index (κ2) is 8.17. The number of benzene rings is 2. The molecule has 4 heteroatoms. The van der Waals surface area contributed by atoms with Crippen LogP contribution in [0, 0.1) is 11.8 Å². The van der Waals surface area contributed by atoms with E-state index in [0.717, 1.165) is 49.9 Å². The van der Waals surface area contributed by atoms with Gasteiger partial charge in [-0.15, -0.1) is 0 Å². The molecule has 4 rings (SSSR count). The van der Waals surface area contributed by atoms with Gasteiger partial charge in [0.25, 0.3) is 0 Å². The van der Waals surface area contributed by atoms with E-state index in [1.165, 1.54) is 5.56 Å². The molecule has 146 valence electrons. The lowest BCUT2D eigenvalue weighted by Gasteiger charge is -2.33. The Hall–Kier alpha value is -2.62. The van der Waals surface area contributed by atoms with Crippen molar-refractivity contribution in [2.24, 2.45) is 11.8 Å². The van der Waals surface area contributed by atoms with Crippen LogP contribution in [0.4, 0.5) is 5.69 Å². The predicted octanol–water partition coefficient (Wildman–Crippen LogP) is 4.26. The highest BCUT2D eigenvalue weighted by Gasteiger charge is 2.39. The fourth-order valence-electron chi connectivity index (χ4n) is 4.65. The Morgan fingerprint density at radius 1 is 0.964 bits per heavy atom. The molecule has 0 saturated heterocycles. The molecular weight excluding hydrogens is 348 g/mol. The number of nitrogens with one attached hydrogen (secondary N) is 1. The molecule has 1 heterocycles. The summed E-state index contributed by atoms with van der Waals surface area (Å²) < 4.78 is 0. The molecule has 1 fully saturated rings. The zero-order valence-corrected chi connectivity index (χ0v) is 16.4. The summed E-state index contributed by atoms with van der Waals surface area (Å²) in [5.74, 6) is -0.317. The molecule has 2 amide bonds. The second-order valence-electron chi connectivity index (χ2n) is 8.01. The SMILES string of the molecule is CC(NC(=O)C1CCCCC1C(=O)N1CCc2ccccc21)c1ccccc1. The van der Waals surface area contributed by atoms with Crippen molar-refractivity contribution in [3.8, 4) is 0 Å². The van der Waals surface area contributed by atoms with Crippen molar-refractivity contribution in [1.82, 2.24) is 5.32 Å². The number of para-hydroxylation sites is 1. The van der Waals surface area contributed by atoms with E-state index in [2.05, 4.69) is 11.4 Å². The monoisotopic (exact) mass is 376 g/mol. The van der Waals surface area contributed by atoms with E-state index in [9.17, 15) is 9.59 Å². The Morgan fingerprint density at radius 3 is 2.43 bits per heavy atom. The molecular formula is C24H28N2O2. The van der Waals surface area contributed by atoms with Gasteiger partial charge in [-0.3, -0.25) is 9.59 Å². The third-order valence-electron chi connectivity index (χ3n) is 6.23. The minimum Gasteiger partial charge on any atom is -0.349 e. The van der Waals surface area contributed by atoms with Crippen LogP contribution in [0.2, 0.25) is 0 Å². The molecule has 2 aliphatic rings. The minimum atomic E-state index is -0.236. The quantitative estimate of drug-likeness (QED) is 0.867. The highest BCUT2D eigenvalue weighted by Crippen LogP contribution is 2.36. The van der Waals surface area contributed by atoms with Gasteiger partial charge in [0.05, 0.1) is 12.0 Å². The molecule has 0 radical (unpaired) electrons. The van der Waals surface area contributed by atoms with E-state index in [-0.39, 0.29) is 29.7 Å². The van der Waals surface area contributed by atoms with Gasteiger partial charge in [-0.05, 0) is 43.4 Å². The molecule has 1 aliphatic carbocycles. The van der Waals surface area contributed by atoms with E-state index < -0.39 is 0 Å². The maximum Gasteiger partial charge on any atom is 0.230 e. The summed E-state index contributed by atoms with van der Waals surface area (Å²) in [5.41, 5.74) is 3.34. The van der Waals surface area contributed by atoms with E-state index >= 15 is 0 Å². The molecule has 3 unspecified atom stereocenters. The van der Waals surface area contributed by atoms with Gasteiger partial charge in [-0.2, -0.15) is 0 Å². The van der Waals surface area contributed by atoms with E-state index in [1.54, 1.807) is 0 Å². The Labute approximate surface area is 166 Å². The van der Waals surface area contributed by atoms with Gasteiger partial charge in [-0.1, -0.05) is 61.4 Å². The lowest BCUT2D eigenvalue weighted by molar-refractivity contribution is -0.135. The first-order valence-corrected chi connectivity index (χ1v) is 10.4. The Kier molecular flexibility index (Phi) is 5.47. The second-order valence-corrected chi connectivity index (χ2v) is 8.01. The summed E-state index contributed by atoms with van der Waals surface area (Å²) in [4.78, 5) is 28.4. The fourth-order valence-corrected chi connectivity index (χ4v) is 4.65. The van der Waals surface area contributed by atoms with Gasteiger partial charge >= 0.3 is 0 Å². The topological polar surface area (TPSA) is 49.4 Å². The lowest BCUT2D eigenvalue weighted by Crippen LogP contribution is -2.45. The molecule has 0 spiro atoms. The summed E-state index contributed by atoms with van der Waals surface area (Å²) in [6.45, 7) is 2.73. The molecule has 2 aromatic carbocycles. The van der Waals surface area contributed by atoms with Crippen LogP contribution in [-0.2, 0) is 16.0 Å². The fraction of sp³-hybridized carbons (Fsp3) is 0.417. The molecule has 0 aromatic heterocycles. The predicted molar refractivity (Wildman–Crippen MR) is 111 cm³/mol. The first kappa shape index (κ1) is 18.7. The third-order valence-corrected chi connectivity index (χ3v) is 6.23. The Balaban J connectivity index is 1.49. The van der Waals surface area contributed by atoms with Crippen LogP contribution in [0.3, 0.4) is 0 Å². The number of fused-ring (bicyclic) bond motifs is 1. The van der Waals surface area contributed by atoms with Crippen LogP contribution in [0.1, 0.15) is 49.8 Å². The van der Waals surface area contributed by atoms with Gasteiger partial charge in [0, 0.05) is 18.2 Å². The first-order chi connectivity index (χ1) is 13.6. The maximum absolute atomic E-state index is 13.4. The smallest absolute Gasteiger partial charge is 0.230 e. The van der Waals surface area contributed by atoms with Crippen molar-refractivity contribution >= 4 is 17.5 Å². The normalized spacial score (nSPS) is 22.4. The van der Waals surface area contributed by atoms with Gasteiger partial charge < -0.3 is 10.2 Å². The van der Waals surface area contributed by atoms with Crippen LogP contribution in [0.15, 0.2) is 54.6 Å². The number of carbonyl (C=O) groups is 2. The lowest BCUT2D eigenvalue weighted by atomic mass is 9.77.